The summed E-state index contributed by atoms with van der Waals surface area (Å²) in [5.41, 5.74) is 3.06. The highest BCUT2D eigenvalue weighted by molar-refractivity contribution is 5.72. The smallest absolute Gasteiger partial charge is 0.309 e. The molecule has 5 rings (SSSR count). The lowest BCUT2D eigenvalue weighted by molar-refractivity contribution is -0.139. The lowest BCUT2D eigenvalue weighted by Gasteiger charge is -2.41. The number of hydrogen-bond acceptors (Lipinski definition) is 7. The quantitative estimate of drug-likeness (QED) is 0.288. The molecule has 9 nitrogen and oxygen atoms in total. The van der Waals surface area contributed by atoms with Gasteiger partial charge in [-0.1, -0.05) is 45.0 Å². The van der Waals surface area contributed by atoms with Gasteiger partial charge in [0.05, 0.1) is 26.6 Å². The van der Waals surface area contributed by atoms with Crippen LogP contribution >= 0.6 is 0 Å². The van der Waals surface area contributed by atoms with Gasteiger partial charge in [0, 0.05) is 51.0 Å². The van der Waals surface area contributed by atoms with Gasteiger partial charge in [-0.25, -0.2) is 9.97 Å². The summed E-state index contributed by atoms with van der Waals surface area (Å²) in [7, 11) is 1.42. The zero-order valence-corrected chi connectivity index (χ0v) is 26.7. The van der Waals surface area contributed by atoms with Gasteiger partial charge in [-0.15, -0.1) is 0 Å². The Morgan fingerprint density at radius 1 is 0.953 bits per heavy atom. The number of rotatable bonds is 13. The van der Waals surface area contributed by atoms with Gasteiger partial charge in [-0.05, 0) is 73.8 Å². The van der Waals surface area contributed by atoms with Crippen molar-refractivity contribution in [2.75, 3.05) is 46.4 Å². The highest BCUT2D eigenvalue weighted by atomic mass is 16.5. The van der Waals surface area contributed by atoms with Crippen molar-refractivity contribution in [2.24, 2.45) is 10.8 Å². The first-order valence-electron chi connectivity index (χ1n) is 16.0. The molecular weight excluding hydrogens is 538 g/mol. The average Bonchev–Trinajstić information content (AvgIpc) is 3.73. The topological polar surface area (TPSA) is 82.5 Å². The predicted molar refractivity (Wildman–Crippen MR) is 169 cm³/mol. The standard InChI is InChI=1S/C34H51N7O2/c1-33(2,3)26-39-19-11-34(12-20-39)10-18-38(27-34)16-5-17-41-21-15-37-31(41)25-40(24-30-35-13-14-36-30)23-29-8-6-28(7-9-29)22-32(42)43-4/h6-9,13-15,21H,5,10-12,16-20,22-27H2,1-4H3,(H,35,36). The summed E-state index contributed by atoms with van der Waals surface area (Å²) in [5, 5.41) is 0. The van der Waals surface area contributed by atoms with Crippen LogP contribution in [0.3, 0.4) is 0 Å². The summed E-state index contributed by atoms with van der Waals surface area (Å²) >= 11 is 0. The zero-order chi connectivity index (χ0) is 30.3. The van der Waals surface area contributed by atoms with E-state index in [2.05, 4.69) is 68.3 Å². The van der Waals surface area contributed by atoms with E-state index in [0.717, 1.165) is 49.8 Å². The average molecular weight is 590 g/mol. The van der Waals surface area contributed by atoms with Crippen LogP contribution in [0.25, 0.3) is 0 Å². The number of hydrogen-bond donors (Lipinski definition) is 1. The van der Waals surface area contributed by atoms with Crippen LogP contribution in [0.2, 0.25) is 0 Å². The number of imidazole rings is 2. The molecule has 2 fully saturated rings. The molecule has 0 amide bonds. The Bertz CT molecular complexity index is 1270. The number of carbonyl (C=O) groups is 1. The predicted octanol–water partition coefficient (Wildman–Crippen LogP) is 4.75. The van der Waals surface area contributed by atoms with Crippen molar-refractivity contribution in [3.05, 3.63) is 71.8 Å². The van der Waals surface area contributed by atoms with Gasteiger partial charge in [-0.3, -0.25) is 9.69 Å². The maximum Gasteiger partial charge on any atom is 0.309 e. The molecule has 0 unspecified atom stereocenters. The fourth-order valence-corrected chi connectivity index (χ4v) is 6.87. The van der Waals surface area contributed by atoms with Gasteiger partial charge in [-0.2, -0.15) is 0 Å². The Balaban J connectivity index is 1.12. The Morgan fingerprint density at radius 3 is 2.35 bits per heavy atom. The van der Waals surface area contributed by atoms with Crippen molar-refractivity contribution < 1.29 is 9.53 Å². The van der Waals surface area contributed by atoms with E-state index in [1.165, 1.54) is 64.7 Å². The van der Waals surface area contributed by atoms with Gasteiger partial charge < -0.3 is 24.1 Å². The number of aryl methyl sites for hydroxylation is 1. The first-order chi connectivity index (χ1) is 20.7. The number of carbonyl (C=O) groups excluding carboxylic acids is 1. The van der Waals surface area contributed by atoms with Crippen LogP contribution in [0.4, 0.5) is 0 Å². The van der Waals surface area contributed by atoms with Gasteiger partial charge in [0.1, 0.15) is 11.6 Å². The fourth-order valence-electron chi connectivity index (χ4n) is 6.87. The number of esters is 1. The van der Waals surface area contributed by atoms with Crippen LogP contribution in [-0.4, -0.2) is 86.6 Å². The summed E-state index contributed by atoms with van der Waals surface area (Å²) in [6.07, 6.45) is 13.2. The van der Waals surface area contributed by atoms with E-state index in [0.29, 0.717) is 23.8 Å². The fraction of sp³-hybridized carbons (Fsp3) is 0.618. The van der Waals surface area contributed by atoms with Gasteiger partial charge in [0.25, 0.3) is 0 Å². The molecule has 234 valence electrons. The molecule has 3 aromatic rings. The minimum absolute atomic E-state index is 0.222. The number of piperidine rings is 1. The number of methoxy groups -OCH3 is 1. The third kappa shape index (κ3) is 9.24. The molecule has 1 N–H and O–H groups in total. The monoisotopic (exact) mass is 589 g/mol. The van der Waals surface area contributed by atoms with E-state index >= 15 is 0 Å². The lowest BCUT2D eigenvalue weighted by Crippen LogP contribution is -2.44. The minimum atomic E-state index is -0.222. The molecule has 4 heterocycles. The van der Waals surface area contributed by atoms with E-state index in [-0.39, 0.29) is 5.97 Å². The minimum Gasteiger partial charge on any atom is -0.469 e. The van der Waals surface area contributed by atoms with Crippen molar-refractivity contribution in [1.82, 2.24) is 34.2 Å². The third-order valence-corrected chi connectivity index (χ3v) is 9.11. The summed E-state index contributed by atoms with van der Waals surface area (Å²) in [6.45, 7) is 17.6. The van der Waals surface area contributed by atoms with E-state index in [9.17, 15) is 4.79 Å². The van der Waals surface area contributed by atoms with Crippen molar-refractivity contribution >= 4 is 5.97 Å². The largest absolute Gasteiger partial charge is 0.469 e. The lowest BCUT2D eigenvalue weighted by atomic mass is 9.77. The summed E-state index contributed by atoms with van der Waals surface area (Å²) in [6, 6.07) is 8.21. The van der Waals surface area contributed by atoms with Crippen LogP contribution < -0.4 is 0 Å². The molecule has 9 heteroatoms. The molecule has 0 bridgehead atoms. The Hall–Kier alpha value is -3.01. The number of aromatic nitrogens is 4. The Morgan fingerprint density at radius 2 is 1.67 bits per heavy atom. The van der Waals surface area contributed by atoms with Crippen LogP contribution in [0.1, 0.15) is 69.2 Å². The molecule has 2 saturated heterocycles. The molecular formula is C34H51N7O2. The number of nitrogens with one attached hydrogen (secondary N) is 1. The normalized spacial score (nSPS) is 17.7. The Kier molecular flexibility index (Phi) is 10.4. The second-order valence-corrected chi connectivity index (χ2v) is 14.0. The molecule has 0 radical (unpaired) electrons. The Labute approximate surface area is 257 Å². The summed E-state index contributed by atoms with van der Waals surface area (Å²) in [5.74, 6) is 1.80. The van der Waals surface area contributed by atoms with Gasteiger partial charge >= 0.3 is 5.97 Å². The van der Waals surface area contributed by atoms with Crippen molar-refractivity contribution in [1.29, 1.82) is 0 Å². The van der Waals surface area contributed by atoms with Crippen LogP contribution in [0.5, 0.6) is 0 Å². The number of ether oxygens (including phenoxy) is 1. The van der Waals surface area contributed by atoms with Crippen molar-refractivity contribution in [3.8, 4) is 0 Å². The van der Waals surface area contributed by atoms with E-state index < -0.39 is 0 Å². The molecule has 0 aliphatic carbocycles. The molecule has 43 heavy (non-hydrogen) atoms. The SMILES string of the molecule is COC(=O)Cc1ccc(CN(Cc2ncc[nH]2)Cc2nccn2CCCN2CCC3(CCN(CC(C)(C)C)CC3)C2)cc1. The van der Waals surface area contributed by atoms with Crippen molar-refractivity contribution in [3.63, 3.8) is 0 Å². The molecule has 0 saturated carbocycles. The van der Waals surface area contributed by atoms with Gasteiger partial charge in [0.2, 0.25) is 0 Å². The molecule has 0 atom stereocenters. The van der Waals surface area contributed by atoms with Crippen LogP contribution in [0.15, 0.2) is 49.1 Å². The summed E-state index contributed by atoms with van der Waals surface area (Å²) in [4.78, 5) is 31.9. The third-order valence-electron chi connectivity index (χ3n) is 9.11. The number of aromatic amines is 1. The molecule has 1 aromatic carbocycles. The van der Waals surface area contributed by atoms with E-state index in [1.807, 2.05) is 24.5 Å². The maximum absolute atomic E-state index is 11.6. The number of nitrogens with zero attached hydrogens (tertiary/aromatic N) is 6. The molecule has 2 aromatic heterocycles. The van der Waals surface area contributed by atoms with Crippen LogP contribution in [0, 0.1) is 10.8 Å². The number of H-pyrrole nitrogens is 1. The highest BCUT2D eigenvalue weighted by Crippen LogP contribution is 2.40. The number of benzene rings is 1. The van der Waals surface area contributed by atoms with Crippen molar-refractivity contribution in [2.45, 2.75) is 79.1 Å². The van der Waals surface area contributed by atoms with Crippen LogP contribution in [-0.2, 0) is 42.1 Å². The van der Waals surface area contributed by atoms with E-state index in [4.69, 9.17) is 9.72 Å². The maximum atomic E-state index is 11.6. The zero-order valence-electron chi connectivity index (χ0n) is 26.7. The summed E-state index contributed by atoms with van der Waals surface area (Å²) < 4.78 is 7.13. The van der Waals surface area contributed by atoms with Gasteiger partial charge in [0.15, 0.2) is 0 Å². The second kappa shape index (κ2) is 14.2. The first kappa shape index (κ1) is 31.4. The van der Waals surface area contributed by atoms with E-state index in [1.54, 1.807) is 6.20 Å². The molecule has 1 spiro atoms. The molecule has 2 aliphatic heterocycles. The highest BCUT2D eigenvalue weighted by Gasteiger charge is 2.40. The molecule has 2 aliphatic rings. The number of likely N-dealkylation sites (tertiary alicyclic amines) is 2. The first-order valence-corrected chi connectivity index (χ1v) is 16.0. The second-order valence-electron chi connectivity index (χ2n) is 14.0.